The Balaban J connectivity index is 1.64. The van der Waals surface area contributed by atoms with Crippen LogP contribution in [0, 0.1) is 5.82 Å². The molecular formula is C16H11FN4S. The van der Waals surface area contributed by atoms with E-state index in [1.54, 1.807) is 17.4 Å². The van der Waals surface area contributed by atoms with E-state index >= 15 is 0 Å². The maximum absolute atomic E-state index is 13.4. The van der Waals surface area contributed by atoms with Gasteiger partial charge < -0.3 is 5.32 Å². The van der Waals surface area contributed by atoms with Gasteiger partial charge in [-0.05, 0) is 35.9 Å². The molecule has 4 rings (SSSR count). The molecule has 0 fully saturated rings. The first-order chi connectivity index (χ1) is 10.8. The number of hydrogen-bond acceptors (Lipinski definition) is 5. The summed E-state index contributed by atoms with van der Waals surface area (Å²) in [5.74, 6) is 0.331. The van der Waals surface area contributed by atoms with Gasteiger partial charge in [-0.3, -0.25) is 0 Å². The van der Waals surface area contributed by atoms with Gasteiger partial charge in [-0.2, -0.15) is 0 Å². The van der Waals surface area contributed by atoms with E-state index in [0.29, 0.717) is 23.3 Å². The van der Waals surface area contributed by atoms with Gasteiger partial charge in [0.1, 0.15) is 18.0 Å². The predicted molar refractivity (Wildman–Crippen MR) is 86.4 cm³/mol. The first kappa shape index (κ1) is 13.1. The van der Waals surface area contributed by atoms with Crippen LogP contribution in [-0.2, 0) is 6.54 Å². The number of fused-ring (bicyclic) bond motifs is 2. The highest BCUT2D eigenvalue weighted by atomic mass is 32.1. The Morgan fingerprint density at radius 3 is 2.91 bits per heavy atom. The zero-order valence-electron chi connectivity index (χ0n) is 11.5. The molecule has 22 heavy (non-hydrogen) atoms. The van der Waals surface area contributed by atoms with Crippen molar-refractivity contribution >= 4 is 38.3 Å². The molecule has 0 saturated carbocycles. The molecule has 0 aliphatic carbocycles. The van der Waals surface area contributed by atoms with E-state index in [9.17, 15) is 4.39 Å². The van der Waals surface area contributed by atoms with Crippen molar-refractivity contribution in [3.05, 3.63) is 59.6 Å². The van der Waals surface area contributed by atoms with E-state index in [-0.39, 0.29) is 5.82 Å². The summed E-state index contributed by atoms with van der Waals surface area (Å²) in [5.41, 5.74) is 4.64. The molecule has 0 spiro atoms. The summed E-state index contributed by atoms with van der Waals surface area (Å²) in [4.78, 5) is 12.7. The summed E-state index contributed by atoms with van der Waals surface area (Å²) in [6, 6.07) is 10.7. The minimum atomic E-state index is -0.297. The largest absolute Gasteiger partial charge is 0.365 e. The molecule has 4 nitrogen and oxygen atoms in total. The number of anilines is 1. The van der Waals surface area contributed by atoms with Crippen LogP contribution in [0.4, 0.5) is 10.2 Å². The summed E-state index contributed by atoms with van der Waals surface area (Å²) in [6.45, 7) is 0.593. The molecule has 2 aromatic heterocycles. The van der Waals surface area contributed by atoms with Crippen LogP contribution in [0.15, 0.2) is 48.2 Å². The van der Waals surface area contributed by atoms with Crippen LogP contribution in [0.1, 0.15) is 5.56 Å². The van der Waals surface area contributed by atoms with Crippen LogP contribution in [0.3, 0.4) is 0 Å². The van der Waals surface area contributed by atoms with Crippen molar-refractivity contribution in [2.45, 2.75) is 6.54 Å². The number of benzene rings is 2. The van der Waals surface area contributed by atoms with Crippen molar-refractivity contribution in [2.24, 2.45) is 0 Å². The number of halogens is 1. The van der Waals surface area contributed by atoms with E-state index in [0.717, 1.165) is 11.1 Å². The summed E-state index contributed by atoms with van der Waals surface area (Å²) in [6.07, 6.45) is 1.48. The zero-order chi connectivity index (χ0) is 14.9. The van der Waals surface area contributed by atoms with Crippen LogP contribution in [0.5, 0.6) is 0 Å². The molecule has 2 aromatic carbocycles. The number of hydrogen-bond donors (Lipinski definition) is 1. The fraction of sp³-hybridized carbons (Fsp3) is 0.0625. The Labute approximate surface area is 129 Å². The number of nitrogens with zero attached hydrogens (tertiary/aromatic N) is 3. The van der Waals surface area contributed by atoms with E-state index in [4.69, 9.17) is 0 Å². The van der Waals surface area contributed by atoms with Crippen molar-refractivity contribution in [1.82, 2.24) is 15.0 Å². The highest BCUT2D eigenvalue weighted by Gasteiger charge is 2.05. The number of thiazole rings is 1. The van der Waals surface area contributed by atoms with Crippen LogP contribution in [0.25, 0.3) is 21.1 Å². The van der Waals surface area contributed by atoms with Crippen molar-refractivity contribution < 1.29 is 4.39 Å². The molecule has 0 bridgehead atoms. The van der Waals surface area contributed by atoms with Crippen LogP contribution in [0.2, 0.25) is 0 Å². The molecule has 0 amide bonds. The van der Waals surface area contributed by atoms with Crippen molar-refractivity contribution in [3.63, 3.8) is 0 Å². The van der Waals surface area contributed by atoms with Crippen molar-refractivity contribution in [3.8, 4) is 0 Å². The van der Waals surface area contributed by atoms with Gasteiger partial charge in [-0.25, -0.2) is 19.3 Å². The van der Waals surface area contributed by atoms with Gasteiger partial charge in [0.2, 0.25) is 0 Å². The van der Waals surface area contributed by atoms with Crippen LogP contribution < -0.4 is 5.32 Å². The van der Waals surface area contributed by atoms with E-state index in [1.807, 2.05) is 11.6 Å². The molecule has 0 unspecified atom stereocenters. The standard InChI is InChI=1S/C16H11FN4S/c17-11-2-3-13-12(6-11)16(20-8-19-13)18-7-10-1-4-15-14(5-10)21-9-22-15/h1-6,8-9H,7H2,(H,18,19,20). The SMILES string of the molecule is Fc1ccc2ncnc(NCc3ccc4scnc4c3)c2c1. The lowest BCUT2D eigenvalue weighted by Gasteiger charge is -2.08. The first-order valence-electron chi connectivity index (χ1n) is 6.76. The fourth-order valence-electron chi connectivity index (χ4n) is 2.37. The van der Waals surface area contributed by atoms with Gasteiger partial charge in [-0.15, -0.1) is 11.3 Å². The number of nitrogens with one attached hydrogen (secondary N) is 1. The summed E-state index contributed by atoms with van der Waals surface area (Å²) in [7, 11) is 0. The average Bonchev–Trinajstić information content (AvgIpc) is 3.00. The fourth-order valence-corrected chi connectivity index (χ4v) is 3.03. The van der Waals surface area contributed by atoms with Gasteiger partial charge in [0.25, 0.3) is 0 Å². The topological polar surface area (TPSA) is 50.7 Å². The van der Waals surface area contributed by atoms with Gasteiger partial charge in [-0.1, -0.05) is 6.07 Å². The molecule has 0 saturated heterocycles. The Morgan fingerprint density at radius 2 is 1.95 bits per heavy atom. The Kier molecular flexibility index (Phi) is 3.16. The first-order valence-corrected chi connectivity index (χ1v) is 7.64. The van der Waals surface area contributed by atoms with E-state index in [2.05, 4.69) is 32.4 Å². The lowest BCUT2D eigenvalue weighted by Crippen LogP contribution is -2.02. The van der Waals surface area contributed by atoms with Crippen molar-refractivity contribution in [1.29, 1.82) is 0 Å². The molecule has 108 valence electrons. The second kappa shape index (κ2) is 5.31. The molecular weight excluding hydrogens is 299 g/mol. The monoisotopic (exact) mass is 310 g/mol. The van der Waals surface area contributed by atoms with Gasteiger partial charge >= 0.3 is 0 Å². The molecule has 0 radical (unpaired) electrons. The molecule has 2 heterocycles. The van der Waals surface area contributed by atoms with Gasteiger partial charge in [0, 0.05) is 11.9 Å². The van der Waals surface area contributed by atoms with E-state index < -0.39 is 0 Å². The summed E-state index contributed by atoms with van der Waals surface area (Å²) < 4.78 is 14.6. The normalized spacial score (nSPS) is 11.1. The molecule has 0 atom stereocenters. The average molecular weight is 310 g/mol. The van der Waals surface area contributed by atoms with Crippen molar-refractivity contribution in [2.75, 3.05) is 5.32 Å². The summed E-state index contributed by atoms with van der Waals surface area (Å²) in [5, 5.41) is 3.92. The third-order valence-corrected chi connectivity index (χ3v) is 4.26. The quantitative estimate of drug-likeness (QED) is 0.621. The second-order valence-corrected chi connectivity index (χ2v) is 5.78. The molecule has 6 heteroatoms. The Hall–Kier alpha value is -2.60. The number of aromatic nitrogens is 3. The minimum absolute atomic E-state index is 0.297. The lowest BCUT2D eigenvalue weighted by molar-refractivity contribution is 0.629. The zero-order valence-corrected chi connectivity index (χ0v) is 12.3. The summed E-state index contributed by atoms with van der Waals surface area (Å²) >= 11 is 1.62. The van der Waals surface area contributed by atoms with E-state index in [1.165, 1.54) is 23.2 Å². The maximum Gasteiger partial charge on any atom is 0.137 e. The molecule has 1 N–H and O–H groups in total. The van der Waals surface area contributed by atoms with Crippen LogP contribution in [-0.4, -0.2) is 15.0 Å². The maximum atomic E-state index is 13.4. The highest BCUT2D eigenvalue weighted by Crippen LogP contribution is 2.22. The minimum Gasteiger partial charge on any atom is -0.365 e. The van der Waals surface area contributed by atoms with Gasteiger partial charge in [0.05, 0.1) is 21.2 Å². The molecule has 0 aliphatic rings. The number of rotatable bonds is 3. The van der Waals surface area contributed by atoms with Crippen LogP contribution >= 0.6 is 11.3 Å². The Morgan fingerprint density at radius 1 is 1.00 bits per heavy atom. The molecule has 0 aliphatic heterocycles. The lowest BCUT2D eigenvalue weighted by atomic mass is 10.2. The third kappa shape index (κ3) is 2.37. The third-order valence-electron chi connectivity index (χ3n) is 3.45. The highest BCUT2D eigenvalue weighted by molar-refractivity contribution is 7.16. The Bertz CT molecular complexity index is 967. The smallest absolute Gasteiger partial charge is 0.137 e. The second-order valence-electron chi connectivity index (χ2n) is 4.89. The molecule has 4 aromatic rings. The predicted octanol–water partition coefficient (Wildman–Crippen LogP) is 3.99. The van der Waals surface area contributed by atoms with Gasteiger partial charge in [0.15, 0.2) is 0 Å².